The minimum atomic E-state index is -2.89. The summed E-state index contributed by atoms with van der Waals surface area (Å²) in [4.78, 5) is 11.4. The van der Waals surface area contributed by atoms with Gasteiger partial charge in [0.25, 0.3) is 5.92 Å². The smallest absolute Gasteiger partial charge is 0.309 e. The first kappa shape index (κ1) is 11.8. The second kappa shape index (κ2) is 3.65. The Labute approximate surface area is 92.8 Å². The predicted molar refractivity (Wildman–Crippen MR) is 51.8 cm³/mol. The summed E-state index contributed by atoms with van der Waals surface area (Å²) in [5.41, 5.74) is 0. The minimum Gasteiger partial charge on any atom is -0.462 e. The molecular weight excluding hydrogens is 218 g/mol. The number of hydrogen-bond acceptors (Lipinski definition) is 3. The van der Waals surface area contributed by atoms with Gasteiger partial charge in [0.1, 0.15) is 6.10 Å². The van der Waals surface area contributed by atoms with Crippen LogP contribution in [0.25, 0.3) is 0 Å². The van der Waals surface area contributed by atoms with E-state index in [0.29, 0.717) is 0 Å². The molecule has 0 spiro atoms. The first-order chi connectivity index (χ1) is 7.38. The molecule has 1 heterocycles. The molecule has 0 radical (unpaired) electrons. The van der Waals surface area contributed by atoms with Crippen LogP contribution in [0.3, 0.4) is 0 Å². The number of aliphatic hydroxyl groups is 1. The van der Waals surface area contributed by atoms with E-state index in [1.54, 1.807) is 6.92 Å². The molecule has 0 aromatic heterocycles. The van der Waals surface area contributed by atoms with Gasteiger partial charge in [0, 0.05) is 24.9 Å². The molecular formula is C11H16F2O3. The quantitative estimate of drug-likeness (QED) is 0.698. The molecule has 1 aliphatic carbocycles. The second-order valence-electron chi connectivity index (χ2n) is 4.93. The maximum Gasteiger partial charge on any atom is 0.309 e. The summed E-state index contributed by atoms with van der Waals surface area (Å²) in [5.74, 6) is -5.92. The van der Waals surface area contributed by atoms with Crippen molar-refractivity contribution >= 4 is 5.97 Å². The average Bonchev–Trinajstić information content (AvgIpc) is 2.44. The number of fused-ring (bicyclic) bond motifs is 1. The van der Waals surface area contributed by atoms with Crippen LogP contribution in [0.5, 0.6) is 0 Å². The van der Waals surface area contributed by atoms with Gasteiger partial charge < -0.3 is 9.84 Å². The fourth-order valence-corrected chi connectivity index (χ4v) is 3.10. The normalized spacial score (nSPS) is 46.3. The number of aliphatic hydroxyl groups excluding tert-OH is 1. The number of alkyl halides is 2. The molecule has 5 atom stereocenters. The Morgan fingerprint density at radius 1 is 1.50 bits per heavy atom. The zero-order valence-corrected chi connectivity index (χ0v) is 9.32. The number of cyclic esters (lactones) is 1. The van der Waals surface area contributed by atoms with Gasteiger partial charge in [-0.05, 0) is 12.8 Å². The summed E-state index contributed by atoms with van der Waals surface area (Å²) < 4.78 is 32.3. The monoisotopic (exact) mass is 234 g/mol. The standard InChI is InChI=1S/C11H16F2O3/c1-5-8(4-14)9-6(2)16-10(15)7(9)3-11(5,12)13/h5-9,14H,3-4H2,1-2H3/t5?,6?,7-,8+,9?/m1/s1. The topological polar surface area (TPSA) is 46.5 Å². The fraction of sp³-hybridized carbons (Fsp3) is 0.909. The highest BCUT2D eigenvalue weighted by atomic mass is 19.3. The van der Waals surface area contributed by atoms with Crippen molar-refractivity contribution < 1.29 is 23.4 Å². The van der Waals surface area contributed by atoms with Gasteiger partial charge in [-0.3, -0.25) is 4.79 Å². The highest BCUT2D eigenvalue weighted by Gasteiger charge is 2.59. The Kier molecular flexibility index (Phi) is 2.69. The van der Waals surface area contributed by atoms with E-state index in [1.807, 2.05) is 0 Å². The van der Waals surface area contributed by atoms with Crippen molar-refractivity contribution in [2.75, 3.05) is 6.61 Å². The van der Waals surface area contributed by atoms with Crippen LogP contribution in [0.2, 0.25) is 0 Å². The minimum absolute atomic E-state index is 0.271. The lowest BCUT2D eigenvalue weighted by molar-refractivity contribution is -0.157. The second-order valence-corrected chi connectivity index (χ2v) is 4.93. The molecule has 1 N–H and O–H groups in total. The molecule has 1 saturated heterocycles. The largest absolute Gasteiger partial charge is 0.462 e. The lowest BCUT2D eigenvalue weighted by atomic mass is 9.65. The fourth-order valence-electron chi connectivity index (χ4n) is 3.10. The number of carbonyl (C=O) groups excluding carboxylic acids is 1. The van der Waals surface area contributed by atoms with E-state index in [1.165, 1.54) is 6.92 Å². The van der Waals surface area contributed by atoms with Crippen molar-refractivity contribution in [3.05, 3.63) is 0 Å². The maximum absolute atomic E-state index is 13.7. The van der Waals surface area contributed by atoms with Crippen molar-refractivity contribution in [2.24, 2.45) is 23.7 Å². The van der Waals surface area contributed by atoms with Gasteiger partial charge in [0.2, 0.25) is 0 Å². The number of esters is 1. The van der Waals surface area contributed by atoms with Crippen LogP contribution in [0, 0.1) is 23.7 Å². The van der Waals surface area contributed by atoms with Crippen LogP contribution >= 0.6 is 0 Å². The molecule has 3 unspecified atom stereocenters. The summed E-state index contributed by atoms with van der Waals surface area (Å²) in [6.07, 6.45) is -0.813. The summed E-state index contributed by atoms with van der Waals surface area (Å²) in [7, 11) is 0. The highest BCUT2D eigenvalue weighted by Crippen LogP contribution is 2.51. The third-order valence-corrected chi connectivity index (χ3v) is 4.12. The Morgan fingerprint density at radius 2 is 2.12 bits per heavy atom. The first-order valence-electron chi connectivity index (χ1n) is 5.57. The van der Waals surface area contributed by atoms with Gasteiger partial charge >= 0.3 is 5.97 Å². The molecule has 92 valence electrons. The average molecular weight is 234 g/mol. The summed E-state index contributed by atoms with van der Waals surface area (Å²) in [5, 5.41) is 9.24. The van der Waals surface area contributed by atoms with E-state index in [4.69, 9.17) is 4.74 Å². The summed E-state index contributed by atoms with van der Waals surface area (Å²) >= 11 is 0. The van der Waals surface area contributed by atoms with Gasteiger partial charge in [-0.25, -0.2) is 8.78 Å². The predicted octanol–water partition coefficient (Wildman–Crippen LogP) is 1.45. The summed E-state index contributed by atoms with van der Waals surface area (Å²) in [6.45, 7) is 2.83. The van der Waals surface area contributed by atoms with E-state index in [-0.39, 0.29) is 18.6 Å². The Morgan fingerprint density at radius 3 is 2.69 bits per heavy atom. The molecule has 1 aliphatic heterocycles. The molecule has 2 rings (SSSR count). The van der Waals surface area contributed by atoms with Gasteiger partial charge in [0.15, 0.2) is 0 Å². The number of carbonyl (C=O) groups is 1. The van der Waals surface area contributed by atoms with E-state index in [9.17, 15) is 18.7 Å². The third kappa shape index (κ3) is 1.52. The van der Waals surface area contributed by atoms with E-state index in [0.717, 1.165) is 0 Å². The molecule has 0 aromatic carbocycles. The van der Waals surface area contributed by atoms with E-state index in [2.05, 4.69) is 0 Å². The lowest BCUT2D eigenvalue weighted by Crippen LogP contribution is -2.48. The third-order valence-electron chi connectivity index (χ3n) is 4.12. The van der Waals surface area contributed by atoms with Gasteiger partial charge in [-0.2, -0.15) is 0 Å². The number of halogens is 2. The number of rotatable bonds is 1. The maximum atomic E-state index is 13.7. The van der Waals surface area contributed by atoms with Crippen molar-refractivity contribution in [3.8, 4) is 0 Å². The molecule has 0 amide bonds. The van der Waals surface area contributed by atoms with Crippen molar-refractivity contribution in [1.82, 2.24) is 0 Å². The van der Waals surface area contributed by atoms with E-state index >= 15 is 0 Å². The Balaban J connectivity index is 2.32. The van der Waals surface area contributed by atoms with Gasteiger partial charge in [-0.15, -0.1) is 0 Å². The molecule has 1 saturated carbocycles. The zero-order valence-electron chi connectivity index (χ0n) is 9.32. The van der Waals surface area contributed by atoms with Crippen molar-refractivity contribution in [3.63, 3.8) is 0 Å². The van der Waals surface area contributed by atoms with Crippen LogP contribution in [0.15, 0.2) is 0 Å². The first-order valence-corrected chi connectivity index (χ1v) is 5.57. The lowest BCUT2D eigenvalue weighted by Gasteiger charge is -2.41. The molecule has 16 heavy (non-hydrogen) atoms. The van der Waals surface area contributed by atoms with Crippen LogP contribution in [-0.4, -0.2) is 29.7 Å². The number of ether oxygens (including phenoxy) is 1. The molecule has 3 nitrogen and oxygen atoms in total. The summed E-state index contributed by atoms with van der Waals surface area (Å²) in [6, 6.07) is 0. The zero-order chi connectivity index (χ0) is 12.1. The van der Waals surface area contributed by atoms with Crippen molar-refractivity contribution in [2.45, 2.75) is 32.3 Å². The molecule has 2 aliphatic rings. The van der Waals surface area contributed by atoms with Crippen LogP contribution in [0.4, 0.5) is 8.78 Å². The molecule has 0 bridgehead atoms. The molecule has 5 heteroatoms. The SMILES string of the molecule is CC1OC(=O)[C@@H]2CC(F)(F)C(C)[C@H](CO)C12. The Bertz CT molecular complexity index is 306. The molecule has 2 fully saturated rings. The van der Waals surface area contributed by atoms with Crippen molar-refractivity contribution in [1.29, 1.82) is 0 Å². The number of hydrogen-bond donors (Lipinski definition) is 1. The van der Waals surface area contributed by atoms with E-state index < -0.39 is 36.1 Å². The molecule has 0 aromatic rings. The van der Waals surface area contributed by atoms with Crippen LogP contribution < -0.4 is 0 Å². The van der Waals surface area contributed by atoms with Gasteiger partial charge in [-0.1, -0.05) is 6.92 Å². The highest BCUT2D eigenvalue weighted by molar-refractivity contribution is 5.75. The van der Waals surface area contributed by atoms with Gasteiger partial charge in [0.05, 0.1) is 5.92 Å². The van der Waals surface area contributed by atoms with Crippen LogP contribution in [-0.2, 0) is 9.53 Å². The Hall–Kier alpha value is -0.710. The van der Waals surface area contributed by atoms with Crippen LogP contribution in [0.1, 0.15) is 20.3 Å².